The van der Waals surface area contributed by atoms with E-state index in [9.17, 15) is 18.8 Å². The smallest absolute Gasteiger partial charge is 0.311 e. The summed E-state index contributed by atoms with van der Waals surface area (Å²) in [6, 6.07) is 12.5. The lowest BCUT2D eigenvalue weighted by Gasteiger charge is -2.31. The van der Waals surface area contributed by atoms with Crippen LogP contribution in [0.2, 0.25) is 5.02 Å². The molecule has 10 heteroatoms. The van der Waals surface area contributed by atoms with Crippen molar-refractivity contribution in [1.82, 2.24) is 15.5 Å². The molecule has 2 atom stereocenters. The predicted octanol–water partition coefficient (Wildman–Crippen LogP) is 5.41. The lowest BCUT2D eigenvalue weighted by atomic mass is 9.79. The quantitative estimate of drug-likeness (QED) is 0.215. The van der Waals surface area contributed by atoms with E-state index in [1.165, 1.54) is 25.1 Å². The molecule has 0 fully saturated rings. The topological polar surface area (TPSA) is 110 Å². The van der Waals surface area contributed by atoms with Gasteiger partial charge in [0.1, 0.15) is 17.2 Å². The van der Waals surface area contributed by atoms with E-state index in [0.717, 1.165) is 5.56 Å². The van der Waals surface area contributed by atoms with Crippen LogP contribution in [0.3, 0.4) is 0 Å². The van der Waals surface area contributed by atoms with Gasteiger partial charge in [-0.05, 0) is 68.5 Å². The fourth-order valence-corrected chi connectivity index (χ4v) is 4.52. The number of hydrogen-bond donors (Lipinski definition) is 2. The SMILES string of the molecule is CCOC(=O)[C@](C)(CCOC)C[C@@H](Cc1ccc(-c2cc(Cl)ccc2F)cc1)NC(=O)c1cc(C(C)=O)n[nH]1. The number of aromatic amines is 1. The van der Waals surface area contributed by atoms with Gasteiger partial charge < -0.3 is 14.8 Å². The van der Waals surface area contributed by atoms with Crippen LogP contribution >= 0.6 is 11.6 Å². The van der Waals surface area contributed by atoms with Crippen molar-refractivity contribution in [1.29, 1.82) is 0 Å². The fraction of sp³-hybridized carbons (Fsp3) is 0.379. The molecule has 0 aliphatic carbocycles. The second-order valence-corrected chi connectivity index (χ2v) is 10.1. The van der Waals surface area contributed by atoms with Gasteiger partial charge in [-0.25, -0.2) is 4.39 Å². The molecule has 0 radical (unpaired) electrons. The molecular formula is C29H33ClFN3O5. The van der Waals surface area contributed by atoms with Crippen LogP contribution in [-0.2, 0) is 20.7 Å². The van der Waals surface area contributed by atoms with Gasteiger partial charge in [0.25, 0.3) is 5.91 Å². The van der Waals surface area contributed by atoms with Crippen molar-refractivity contribution in [3.05, 3.63) is 76.3 Å². The second kappa shape index (κ2) is 13.5. The van der Waals surface area contributed by atoms with Gasteiger partial charge in [-0.1, -0.05) is 35.9 Å². The number of carbonyl (C=O) groups is 3. The summed E-state index contributed by atoms with van der Waals surface area (Å²) >= 11 is 6.05. The summed E-state index contributed by atoms with van der Waals surface area (Å²) in [7, 11) is 1.56. The zero-order valence-electron chi connectivity index (χ0n) is 22.5. The Morgan fingerprint density at radius 1 is 1.15 bits per heavy atom. The molecular weight excluding hydrogens is 525 g/mol. The summed E-state index contributed by atoms with van der Waals surface area (Å²) in [6.45, 7) is 5.45. The van der Waals surface area contributed by atoms with Gasteiger partial charge in [0, 0.05) is 37.3 Å². The van der Waals surface area contributed by atoms with Crippen molar-refractivity contribution in [2.75, 3.05) is 20.3 Å². The Bertz CT molecular complexity index is 1310. The minimum absolute atomic E-state index is 0.131. The zero-order chi connectivity index (χ0) is 28.6. The van der Waals surface area contributed by atoms with Crippen LogP contribution in [0.25, 0.3) is 11.1 Å². The second-order valence-electron chi connectivity index (χ2n) is 9.65. The Hall–Kier alpha value is -3.56. The number of nitrogens with one attached hydrogen (secondary N) is 2. The van der Waals surface area contributed by atoms with E-state index in [4.69, 9.17) is 21.1 Å². The van der Waals surface area contributed by atoms with E-state index in [1.807, 2.05) is 12.1 Å². The van der Waals surface area contributed by atoms with Gasteiger partial charge >= 0.3 is 5.97 Å². The molecule has 0 spiro atoms. The first-order valence-corrected chi connectivity index (χ1v) is 13.0. The first kappa shape index (κ1) is 30.0. The molecule has 0 unspecified atom stereocenters. The highest BCUT2D eigenvalue weighted by Gasteiger charge is 2.37. The molecule has 1 heterocycles. The van der Waals surface area contributed by atoms with Crippen molar-refractivity contribution < 1.29 is 28.2 Å². The molecule has 1 aromatic heterocycles. The van der Waals surface area contributed by atoms with Crippen LogP contribution < -0.4 is 5.32 Å². The average molecular weight is 558 g/mol. The molecule has 39 heavy (non-hydrogen) atoms. The highest BCUT2D eigenvalue weighted by molar-refractivity contribution is 6.30. The summed E-state index contributed by atoms with van der Waals surface area (Å²) in [5, 5.41) is 9.88. The number of hydrogen-bond acceptors (Lipinski definition) is 6. The van der Waals surface area contributed by atoms with Gasteiger partial charge in [-0.2, -0.15) is 5.10 Å². The van der Waals surface area contributed by atoms with Gasteiger partial charge in [0.2, 0.25) is 0 Å². The third kappa shape index (κ3) is 7.97. The molecule has 3 aromatic rings. The molecule has 0 aliphatic heterocycles. The third-order valence-electron chi connectivity index (χ3n) is 6.52. The molecule has 3 rings (SSSR count). The van der Waals surface area contributed by atoms with Crippen molar-refractivity contribution in [3.8, 4) is 11.1 Å². The number of nitrogens with zero attached hydrogens (tertiary/aromatic N) is 1. The predicted molar refractivity (Wildman–Crippen MR) is 146 cm³/mol. The van der Waals surface area contributed by atoms with E-state index in [0.29, 0.717) is 35.6 Å². The van der Waals surface area contributed by atoms with Crippen LogP contribution in [0.15, 0.2) is 48.5 Å². The first-order chi connectivity index (χ1) is 18.6. The average Bonchev–Trinajstić information content (AvgIpc) is 3.41. The summed E-state index contributed by atoms with van der Waals surface area (Å²) in [6.07, 6.45) is 1.03. The normalized spacial score (nSPS) is 13.4. The van der Waals surface area contributed by atoms with Crippen LogP contribution in [-0.4, -0.2) is 54.2 Å². The van der Waals surface area contributed by atoms with Crippen LogP contribution in [0.1, 0.15) is 60.2 Å². The van der Waals surface area contributed by atoms with Crippen LogP contribution in [0.5, 0.6) is 0 Å². The Morgan fingerprint density at radius 3 is 2.49 bits per heavy atom. The number of ketones is 1. The number of amides is 1. The zero-order valence-corrected chi connectivity index (χ0v) is 23.2. The number of Topliss-reactive ketones (excluding diaryl/α,β-unsaturated/α-hetero) is 1. The first-order valence-electron chi connectivity index (χ1n) is 12.6. The summed E-state index contributed by atoms with van der Waals surface area (Å²) < 4.78 is 24.9. The van der Waals surface area contributed by atoms with E-state index < -0.39 is 17.4 Å². The molecule has 0 bridgehead atoms. The maximum atomic E-state index is 14.4. The number of ether oxygens (including phenoxy) is 2. The number of rotatable bonds is 13. The van der Waals surface area contributed by atoms with Crippen molar-refractivity contribution in [2.24, 2.45) is 5.41 Å². The number of H-pyrrole nitrogens is 1. The number of benzene rings is 2. The number of esters is 1. The summed E-state index contributed by atoms with van der Waals surface area (Å²) in [5.41, 5.74) is 1.24. The molecule has 2 aromatic carbocycles. The summed E-state index contributed by atoms with van der Waals surface area (Å²) in [4.78, 5) is 37.7. The number of halogens is 2. The maximum Gasteiger partial charge on any atom is 0.311 e. The van der Waals surface area contributed by atoms with E-state index in [2.05, 4.69) is 15.5 Å². The van der Waals surface area contributed by atoms with E-state index in [-0.39, 0.29) is 42.0 Å². The van der Waals surface area contributed by atoms with Crippen LogP contribution in [0.4, 0.5) is 4.39 Å². The molecule has 0 saturated carbocycles. The van der Waals surface area contributed by atoms with Crippen molar-refractivity contribution in [2.45, 2.75) is 46.1 Å². The summed E-state index contributed by atoms with van der Waals surface area (Å²) in [5.74, 6) is -1.50. The van der Waals surface area contributed by atoms with Crippen molar-refractivity contribution >= 4 is 29.3 Å². The number of methoxy groups -OCH3 is 1. The maximum absolute atomic E-state index is 14.4. The largest absolute Gasteiger partial charge is 0.466 e. The van der Waals surface area contributed by atoms with Crippen LogP contribution in [0, 0.1) is 11.2 Å². The Balaban J connectivity index is 1.88. The molecule has 8 nitrogen and oxygen atoms in total. The molecule has 2 N–H and O–H groups in total. The molecule has 0 saturated heterocycles. The molecule has 208 valence electrons. The molecule has 0 aliphatic rings. The lowest BCUT2D eigenvalue weighted by Crippen LogP contribution is -2.43. The lowest BCUT2D eigenvalue weighted by molar-refractivity contribution is -0.156. The highest BCUT2D eigenvalue weighted by atomic mass is 35.5. The standard InChI is InChI=1S/C29H33ClFN3O5/c1-5-39-28(37)29(3,12-13-38-4)17-22(32-27(36)26-16-25(18(2)35)33-34-26)14-19-6-8-20(9-7-19)23-15-21(30)10-11-24(23)31/h6-11,15-16,22H,5,12-14,17H2,1-4H3,(H,32,36)(H,33,34)/t22-,29-/m1/s1. The Morgan fingerprint density at radius 2 is 1.87 bits per heavy atom. The van der Waals surface area contributed by atoms with Gasteiger partial charge in [0.05, 0.1) is 12.0 Å². The van der Waals surface area contributed by atoms with Gasteiger partial charge in [-0.3, -0.25) is 19.5 Å². The minimum Gasteiger partial charge on any atom is -0.466 e. The Labute approximate surface area is 232 Å². The van der Waals surface area contributed by atoms with Gasteiger partial charge in [-0.15, -0.1) is 0 Å². The highest BCUT2D eigenvalue weighted by Crippen LogP contribution is 2.32. The van der Waals surface area contributed by atoms with Crippen molar-refractivity contribution in [3.63, 3.8) is 0 Å². The monoisotopic (exact) mass is 557 g/mol. The number of carbonyl (C=O) groups excluding carboxylic acids is 3. The van der Waals surface area contributed by atoms with E-state index in [1.54, 1.807) is 39.2 Å². The molecule has 1 amide bonds. The Kier molecular flexibility index (Phi) is 10.4. The van der Waals surface area contributed by atoms with E-state index >= 15 is 0 Å². The minimum atomic E-state index is -0.938. The van der Waals surface area contributed by atoms with Gasteiger partial charge in [0.15, 0.2) is 5.78 Å². The number of aromatic nitrogens is 2. The third-order valence-corrected chi connectivity index (χ3v) is 6.75. The fourth-order valence-electron chi connectivity index (χ4n) is 4.34.